The fraction of sp³-hybridized carbons (Fsp3) is 0.267. The minimum atomic E-state index is -0.229. The number of benzene rings is 1. The summed E-state index contributed by atoms with van der Waals surface area (Å²) in [6.07, 6.45) is 0. The molecule has 3 heteroatoms. The van der Waals surface area contributed by atoms with Crippen LogP contribution in [0.3, 0.4) is 0 Å². The van der Waals surface area contributed by atoms with E-state index < -0.39 is 0 Å². The third-order valence-electron chi connectivity index (χ3n) is 2.55. The highest BCUT2D eigenvalue weighted by Crippen LogP contribution is 2.24. The van der Waals surface area contributed by atoms with E-state index in [9.17, 15) is 5.26 Å². The van der Waals surface area contributed by atoms with Gasteiger partial charge in [0.25, 0.3) is 0 Å². The fourth-order valence-electron chi connectivity index (χ4n) is 1.62. The Balaban J connectivity index is 3.60. The summed E-state index contributed by atoms with van der Waals surface area (Å²) in [4.78, 5) is 0. The van der Waals surface area contributed by atoms with Gasteiger partial charge in [0.1, 0.15) is 17.7 Å². The van der Waals surface area contributed by atoms with Crippen molar-refractivity contribution in [1.82, 2.24) is 0 Å². The number of nitriles is 3. The molecule has 0 amide bonds. The van der Waals surface area contributed by atoms with Crippen LogP contribution in [0.15, 0.2) is 24.3 Å². The molecule has 1 rings (SSSR count). The Bertz CT molecular complexity index is 659. The summed E-state index contributed by atoms with van der Waals surface area (Å²) in [6.45, 7) is 5.92. The Labute approximate surface area is 107 Å². The van der Waals surface area contributed by atoms with Gasteiger partial charge in [-0.15, -0.1) is 0 Å². The van der Waals surface area contributed by atoms with E-state index in [0.29, 0.717) is 10.8 Å². The van der Waals surface area contributed by atoms with Crippen molar-refractivity contribution in [3.63, 3.8) is 0 Å². The Morgan fingerprint density at radius 3 is 1.61 bits per heavy atom. The molecule has 0 unspecified atom stereocenters. The maximum Gasteiger partial charge on any atom is 0.136 e. The molecule has 3 nitrogen and oxygen atoms in total. The van der Waals surface area contributed by atoms with Crippen molar-refractivity contribution in [3.8, 4) is 18.2 Å². The summed E-state index contributed by atoms with van der Waals surface area (Å²) in [5, 5.41) is 28.1. The largest absolute Gasteiger partial charge is 0.193 e. The molecule has 1 aromatic rings. The minimum absolute atomic E-state index is 0.0795. The highest BCUT2D eigenvalue weighted by molar-refractivity contribution is 5.72. The van der Waals surface area contributed by atoms with Gasteiger partial charge in [0.2, 0.25) is 0 Å². The highest BCUT2D eigenvalue weighted by atomic mass is 14.3. The van der Waals surface area contributed by atoms with Crippen LogP contribution in [-0.4, -0.2) is 0 Å². The van der Waals surface area contributed by atoms with Crippen LogP contribution in [0.25, 0.3) is 11.1 Å². The molecular weight excluding hydrogens is 222 g/mol. The molecule has 0 radical (unpaired) electrons. The van der Waals surface area contributed by atoms with Gasteiger partial charge in [0, 0.05) is 10.8 Å². The summed E-state index contributed by atoms with van der Waals surface area (Å²) >= 11 is 0. The Morgan fingerprint density at radius 1 is 0.833 bits per heavy atom. The molecule has 0 spiro atoms. The number of nitrogens with zero attached hydrogens (tertiary/aromatic N) is 3. The summed E-state index contributed by atoms with van der Waals surface area (Å²) in [7, 11) is 0. The third-order valence-corrected chi connectivity index (χ3v) is 2.55. The molecule has 1 aromatic carbocycles. The molecule has 0 saturated heterocycles. The van der Waals surface area contributed by atoms with E-state index in [4.69, 9.17) is 10.5 Å². The normalized spacial score (nSPS) is 9.78. The first kappa shape index (κ1) is 13.5. The minimum Gasteiger partial charge on any atom is -0.193 e. The van der Waals surface area contributed by atoms with Crippen LogP contribution >= 0.6 is 0 Å². The average molecular weight is 235 g/mol. The van der Waals surface area contributed by atoms with E-state index in [1.807, 2.05) is 32.9 Å². The van der Waals surface area contributed by atoms with Crippen molar-refractivity contribution >= 4 is 11.1 Å². The first-order valence-corrected chi connectivity index (χ1v) is 5.49. The summed E-state index contributed by atoms with van der Waals surface area (Å²) < 4.78 is 0. The maximum absolute atomic E-state index is 9.19. The number of rotatable bonds is 0. The average Bonchev–Trinajstić information content (AvgIpc) is 2.31. The van der Waals surface area contributed by atoms with E-state index in [1.54, 1.807) is 24.3 Å². The molecule has 0 fully saturated rings. The lowest BCUT2D eigenvalue weighted by molar-refractivity contribution is 0.568. The Morgan fingerprint density at radius 2 is 1.28 bits per heavy atom. The van der Waals surface area contributed by atoms with Gasteiger partial charge >= 0.3 is 0 Å². The molecule has 0 aromatic heterocycles. The monoisotopic (exact) mass is 235 g/mol. The molecule has 0 aliphatic rings. The van der Waals surface area contributed by atoms with Gasteiger partial charge in [-0.05, 0) is 10.6 Å². The molecule has 0 aliphatic carbocycles. The van der Waals surface area contributed by atoms with E-state index in [1.165, 1.54) is 0 Å². The van der Waals surface area contributed by atoms with Crippen LogP contribution in [-0.2, 0) is 0 Å². The summed E-state index contributed by atoms with van der Waals surface area (Å²) in [5.41, 5.74) is 0.535. The van der Waals surface area contributed by atoms with Crippen molar-refractivity contribution in [2.45, 2.75) is 20.8 Å². The van der Waals surface area contributed by atoms with Crippen molar-refractivity contribution in [3.05, 3.63) is 34.7 Å². The first-order chi connectivity index (χ1) is 8.43. The predicted octanol–water partition coefficient (Wildman–Crippen LogP) is 1.60. The van der Waals surface area contributed by atoms with E-state index >= 15 is 0 Å². The van der Waals surface area contributed by atoms with Gasteiger partial charge in [-0.1, -0.05) is 45.0 Å². The van der Waals surface area contributed by atoms with Gasteiger partial charge in [-0.2, -0.15) is 15.8 Å². The fourth-order valence-corrected chi connectivity index (χ4v) is 1.62. The Kier molecular flexibility index (Phi) is 3.88. The van der Waals surface area contributed by atoms with E-state index in [0.717, 1.165) is 5.22 Å². The smallest absolute Gasteiger partial charge is 0.136 e. The van der Waals surface area contributed by atoms with Gasteiger partial charge in [-0.25, -0.2) is 0 Å². The standard InChI is InChI=1S/C15H13N3/c1-15(2,3)14(10-18)12-6-4-11(5-7-12)13(8-16)9-17/h4-7H,1-3H3. The molecule has 0 N–H and O–H groups in total. The van der Waals surface area contributed by atoms with Gasteiger partial charge in [-0.3, -0.25) is 0 Å². The zero-order chi connectivity index (χ0) is 13.8. The summed E-state index contributed by atoms with van der Waals surface area (Å²) in [5.74, 6) is 0. The van der Waals surface area contributed by atoms with Crippen LogP contribution in [0.4, 0.5) is 0 Å². The van der Waals surface area contributed by atoms with E-state index in [-0.39, 0.29) is 11.0 Å². The molecule has 0 saturated carbocycles. The van der Waals surface area contributed by atoms with E-state index in [2.05, 4.69) is 6.07 Å². The molecule has 0 aliphatic heterocycles. The molecular formula is C15H13N3. The molecule has 18 heavy (non-hydrogen) atoms. The second-order valence-electron chi connectivity index (χ2n) is 4.91. The lowest BCUT2D eigenvalue weighted by atomic mass is 9.86. The molecule has 88 valence electrons. The second kappa shape index (κ2) is 5.17. The number of hydrogen-bond donors (Lipinski definition) is 0. The quantitative estimate of drug-likeness (QED) is 0.685. The SMILES string of the molecule is CC(C)(C)C(C#N)=c1ccc(=C(C#N)C#N)cc1. The van der Waals surface area contributed by atoms with Gasteiger partial charge in [0.05, 0.1) is 6.07 Å². The maximum atomic E-state index is 9.19. The van der Waals surface area contributed by atoms with Crippen molar-refractivity contribution in [1.29, 1.82) is 15.8 Å². The lowest BCUT2D eigenvalue weighted by Gasteiger charge is -2.16. The van der Waals surface area contributed by atoms with Crippen molar-refractivity contribution in [2.75, 3.05) is 0 Å². The van der Waals surface area contributed by atoms with Gasteiger partial charge < -0.3 is 0 Å². The van der Waals surface area contributed by atoms with Crippen LogP contribution in [0.5, 0.6) is 0 Å². The van der Waals surface area contributed by atoms with Crippen LogP contribution in [0.2, 0.25) is 0 Å². The Hall–Kier alpha value is -2.57. The van der Waals surface area contributed by atoms with Crippen LogP contribution in [0, 0.1) is 39.4 Å². The molecule has 0 atom stereocenters. The topological polar surface area (TPSA) is 71.4 Å². The highest BCUT2D eigenvalue weighted by Gasteiger charge is 2.16. The molecule has 0 bridgehead atoms. The molecule has 0 heterocycles. The zero-order valence-corrected chi connectivity index (χ0v) is 10.7. The third kappa shape index (κ3) is 2.76. The summed E-state index contributed by atoms with van der Waals surface area (Å²) in [6, 6.07) is 12.8. The predicted molar refractivity (Wildman–Crippen MR) is 68.8 cm³/mol. The lowest BCUT2D eigenvalue weighted by Crippen LogP contribution is -2.19. The first-order valence-electron chi connectivity index (χ1n) is 5.49. The van der Waals surface area contributed by atoms with Crippen LogP contribution < -0.4 is 10.4 Å². The van der Waals surface area contributed by atoms with Crippen molar-refractivity contribution < 1.29 is 0 Å². The van der Waals surface area contributed by atoms with Crippen molar-refractivity contribution in [2.24, 2.45) is 5.41 Å². The van der Waals surface area contributed by atoms with Crippen LogP contribution in [0.1, 0.15) is 20.8 Å². The van der Waals surface area contributed by atoms with Gasteiger partial charge in [0.15, 0.2) is 0 Å². The second-order valence-corrected chi connectivity index (χ2v) is 4.91. The zero-order valence-electron chi connectivity index (χ0n) is 10.7. The number of hydrogen-bond acceptors (Lipinski definition) is 3.